The number of nitrogens with zero attached hydrogens (tertiary/aromatic N) is 1. The monoisotopic (exact) mass is 299 g/mol. The molecule has 0 saturated heterocycles. The van der Waals surface area contributed by atoms with E-state index in [4.69, 9.17) is 0 Å². The van der Waals surface area contributed by atoms with Gasteiger partial charge in [-0.1, -0.05) is 6.07 Å². The van der Waals surface area contributed by atoms with Crippen LogP contribution in [0, 0.1) is 11.6 Å². The second-order valence-corrected chi connectivity index (χ2v) is 5.71. The minimum Gasteiger partial charge on any atom is -0.356 e. The van der Waals surface area contributed by atoms with Gasteiger partial charge in [0.05, 0.1) is 0 Å². The minimum atomic E-state index is -0.468. The molecule has 0 aromatic heterocycles. The van der Waals surface area contributed by atoms with Crippen LogP contribution in [0.5, 0.6) is 0 Å². The van der Waals surface area contributed by atoms with E-state index in [2.05, 4.69) is 15.6 Å². The fourth-order valence-corrected chi connectivity index (χ4v) is 2.49. The SMILES string of the molecule is CN=C(NCCSC)NC1CC1c1c(F)cccc1F. The van der Waals surface area contributed by atoms with Gasteiger partial charge < -0.3 is 10.6 Å². The summed E-state index contributed by atoms with van der Waals surface area (Å²) < 4.78 is 27.3. The Morgan fingerprint density at radius 2 is 2.10 bits per heavy atom. The van der Waals surface area contributed by atoms with Crippen molar-refractivity contribution in [2.75, 3.05) is 25.6 Å². The standard InChI is InChI=1S/C14H19F2N3S/c1-17-14(18-6-7-20-2)19-12-8-9(12)13-10(15)4-3-5-11(13)16/h3-5,9,12H,6-8H2,1-2H3,(H2,17,18,19). The molecule has 0 amide bonds. The summed E-state index contributed by atoms with van der Waals surface area (Å²) in [6, 6.07) is 4.04. The fraction of sp³-hybridized carbons (Fsp3) is 0.500. The lowest BCUT2D eigenvalue weighted by Gasteiger charge is -2.11. The van der Waals surface area contributed by atoms with Gasteiger partial charge in [0.1, 0.15) is 11.6 Å². The molecule has 20 heavy (non-hydrogen) atoms. The molecule has 0 spiro atoms. The van der Waals surface area contributed by atoms with Gasteiger partial charge in [0.2, 0.25) is 0 Å². The Bertz CT molecular complexity index is 473. The highest BCUT2D eigenvalue weighted by Gasteiger charge is 2.42. The number of halogens is 2. The average Bonchev–Trinajstić information content (AvgIpc) is 3.16. The highest BCUT2D eigenvalue weighted by atomic mass is 32.2. The number of rotatable bonds is 5. The molecule has 1 aliphatic carbocycles. The largest absolute Gasteiger partial charge is 0.356 e. The lowest BCUT2D eigenvalue weighted by Crippen LogP contribution is -2.40. The predicted octanol–water partition coefficient (Wildman–Crippen LogP) is 2.35. The molecular formula is C14H19F2N3S. The van der Waals surface area contributed by atoms with E-state index < -0.39 is 11.6 Å². The molecule has 0 heterocycles. The normalized spacial score (nSPS) is 21.7. The molecule has 1 aliphatic rings. The van der Waals surface area contributed by atoms with Crippen molar-refractivity contribution in [1.82, 2.24) is 10.6 Å². The third kappa shape index (κ3) is 3.62. The van der Waals surface area contributed by atoms with Crippen molar-refractivity contribution in [3.63, 3.8) is 0 Å². The van der Waals surface area contributed by atoms with Crippen LogP contribution < -0.4 is 10.6 Å². The number of aliphatic imine (C=N–C) groups is 1. The van der Waals surface area contributed by atoms with Crippen molar-refractivity contribution in [3.8, 4) is 0 Å². The van der Waals surface area contributed by atoms with Crippen LogP contribution in [0.2, 0.25) is 0 Å². The van der Waals surface area contributed by atoms with Crippen LogP contribution in [0.25, 0.3) is 0 Å². The summed E-state index contributed by atoms with van der Waals surface area (Å²) in [4.78, 5) is 4.11. The Labute approximate surface area is 122 Å². The molecule has 2 N–H and O–H groups in total. The molecule has 2 rings (SSSR count). The number of nitrogens with one attached hydrogen (secondary N) is 2. The predicted molar refractivity (Wildman–Crippen MR) is 80.4 cm³/mol. The molecule has 0 aliphatic heterocycles. The molecular weight excluding hydrogens is 280 g/mol. The van der Waals surface area contributed by atoms with Crippen LogP contribution in [-0.4, -0.2) is 37.6 Å². The lowest BCUT2D eigenvalue weighted by atomic mass is 10.1. The summed E-state index contributed by atoms with van der Waals surface area (Å²) in [5.74, 6) is 0.615. The summed E-state index contributed by atoms with van der Waals surface area (Å²) in [6.45, 7) is 0.812. The highest BCUT2D eigenvalue weighted by molar-refractivity contribution is 7.98. The molecule has 110 valence electrons. The zero-order valence-corrected chi connectivity index (χ0v) is 12.4. The Morgan fingerprint density at radius 1 is 1.40 bits per heavy atom. The molecule has 6 heteroatoms. The van der Waals surface area contributed by atoms with Crippen molar-refractivity contribution >= 4 is 17.7 Å². The van der Waals surface area contributed by atoms with Gasteiger partial charge in [-0.15, -0.1) is 0 Å². The van der Waals surface area contributed by atoms with Crippen molar-refractivity contribution in [3.05, 3.63) is 35.4 Å². The number of hydrogen-bond donors (Lipinski definition) is 2. The Hall–Kier alpha value is -1.30. The Balaban J connectivity index is 1.91. The first-order chi connectivity index (χ1) is 9.67. The van der Waals surface area contributed by atoms with E-state index >= 15 is 0 Å². The van der Waals surface area contributed by atoms with E-state index in [0.29, 0.717) is 5.96 Å². The van der Waals surface area contributed by atoms with Crippen LogP contribution in [0.3, 0.4) is 0 Å². The van der Waals surface area contributed by atoms with E-state index in [0.717, 1.165) is 18.7 Å². The number of guanidine groups is 1. The molecule has 3 nitrogen and oxygen atoms in total. The smallest absolute Gasteiger partial charge is 0.191 e. The summed E-state index contributed by atoms with van der Waals surface area (Å²) in [6.07, 6.45) is 2.76. The number of hydrogen-bond acceptors (Lipinski definition) is 2. The molecule has 1 fully saturated rings. The molecule has 1 aromatic rings. The van der Waals surface area contributed by atoms with Gasteiger partial charge in [0, 0.05) is 36.9 Å². The van der Waals surface area contributed by atoms with E-state index in [-0.39, 0.29) is 17.5 Å². The van der Waals surface area contributed by atoms with E-state index in [9.17, 15) is 8.78 Å². The van der Waals surface area contributed by atoms with E-state index in [1.54, 1.807) is 18.8 Å². The van der Waals surface area contributed by atoms with Gasteiger partial charge in [0.25, 0.3) is 0 Å². The molecule has 0 radical (unpaired) electrons. The van der Waals surface area contributed by atoms with Crippen molar-refractivity contribution < 1.29 is 8.78 Å². The van der Waals surface area contributed by atoms with Crippen molar-refractivity contribution in [2.45, 2.75) is 18.4 Å². The van der Waals surface area contributed by atoms with Crippen molar-refractivity contribution in [1.29, 1.82) is 0 Å². The van der Waals surface area contributed by atoms with Gasteiger partial charge in [-0.05, 0) is 24.8 Å². The Morgan fingerprint density at radius 3 is 2.70 bits per heavy atom. The molecule has 2 atom stereocenters. The maximum absolute atomic E-state index is 13.7. The maximum atomic E-state index is 13.7. The van der Waals surface area contributed by atoms with Crippen LogP contribution in [-0.2, 0) is 0 Å². The average molecular weight is 299 g/mol. The van der Waals surface area contributed by atoms with E-state index in [1.165, 1.54) is 18.2 Å². The number of benzene rings is 1. The summed E-state index contributed by atoms with van der Waals surface area (Å²) in [7, 11) is 1.69. The zero-order valence-electron chi connectivity index (χ0n) is 11.6. The summed E-state index contributed by atoms with van der Waals surface area (Å²) in [5, 5.41) is 6.37. The van der Waals surface area contributed by atoms with Gasteiger partial charge in [-0.25, -0.2) is 8.78 Å². The van der Waals surface area contributed by atoms with Gasteiger partial charge in [-0.2, -0.15) is 11.8 Å². The molecule has 1 saturated carbocycles. The Kier molecular flexibility index (Phi) is 5.23. The fourth-order valence-electron chi connectivity index (χ4n) is 2.18. The first-order valence-corrected chi connectivity index (χ1v) is 7.96. The second-order valence-electron chi connectivity index (χ2n) is 4.72. The summed E-state index contributed by atoms with van der Waals surface area (Å²) >= 11 is 1.75. The maximum Gasteiger partial charge on any atom is 0.191 e. The van der Waals surface area contributed by atoms with Crippen molar-refractivity contribution in [2.24, 2.45) is 4.99 Å². The third-order valence-corrected chi connectivity index (χ3v) is 3.92. The zero-order chi connectivity index (χ0) is 14.5. The lowest BCUT2D eigenvalue weighted by molar-refractivity contribution is 0.553. The van der Waals surface area contributed by atoms with Gasteiger partial charge >= 0.3 is 0 Å². The molecule has 2 unspecified atom stereocenters. The number of thioether (sulfide) groups is 1. The van der Waals surface area contributed by atoms with Crippen LogP contribution in [0.4, 0.5) is 8.78 Å². The molecule has 0 bridgehead atoms. The highest BCUT2D eigenvalue weighted by Crippen LogP contribution is 2.42. The van der Waals surface area contributed by atoms with Gasteiger partial charge in [-0.3, -0.25) is 4.99 Å². The minimum absolute atomic E-state index is 0.0434. The second kappa shape index (κ2) is 6.92. The molecule has 1 aromatic carbocycles. The third-order valence-electron chi connectivity index (χ3n) is 3.31. The van der Waals surface area contributed by atoms with Crippen LogP contribution in [0.1, 0.15) is 17.9 Å². The van der Waals surface area contributed by atoms with Gasteiger partial charge in [0.15, 0.2) is 5.96 Å². The topological polar surface area (TPSA) is 36.4 Å². The first kappa shape index (κ1) is 15.1. The quantitative estimate of drug-likeness (QED) is 0.498. The first-order valence-electron chi connectivity index (χ1n) is 6.57. The van der Waals surface area contributed by atoms with Crippen LogP contribution >= 0.6 is 11.8 Å². The summed E-state index contributed by atoms with van der Waals surface area (Å²) in [5.41, 5.74) is 0.185. The van der Waals surface area contributed by atoms with Crippen LogP contribution in [0.15, 0.2) is 23.2 Å². The van der Waals surface area contributed by atoms with E-state index in [1.807, 2.05) is 6.26 Å².